The van der Waals surface area contributed by atoms with Crippen molar-refractivity contribution in [3.63, 3.8) is 0 Å². The molecule has 1 aromatic carbocycles. The van der Waals surface area contributed by atoms with Gasteiger partial charge < -0.3 is 10.6 Å². The highest BCUT2D eigenvalue weighted by Crippen LogP contribution is 2.20. The van der Waals surface area contributed by atoms with Crippen molar-refractivity contribution in [2.75, 3.05) is 19.6 Å². The molecular weight excluding hydrogens is 302 g/mol. The van der Waals surface area contributed by atoms with Crippen molar-refractivity contribution in [3.8, 4) is 0 Å². The standard InChI is InChI=1S/C15H21N3O3S/c1-2-8-17-22(20,21)14-7-3-5-12(10-14)15(19)18-9-4-6-13(18)11-16/h2-3,5,7,10,13,17H,1,4,6,8-9,11,16H2. The molecule has 1 unspecified atom stereocenters. The van der Waals surface area contributed by atoms with Crippen molar-refractivity contribution in [2.24, 2.45) is 5.73 Å². The highest BCUT2D eigenvalue weighted by Gasteiger charge is 2.28. The Morgan fingerprint density at radius 2 is 2.27 bits per heavy atom. The fraction of sp³-hybridized carbons (Fsp3) is 0.400. The van der Waals surface area contributed by atoms with Crippen molar-refractivity contribution in [1.82, 2.24) is 9.62 Å². The van der Waals surface area contributed by atoms with Crippen LogP contribution in [0.15, 0.2) is 41.8 Å². The molecule has 1 aromatic rings. The predicted molar refractivity (Wildman–Crippen MR) is 84.9 cm³/mol. The SMILES string of the molecule is C=CCNS(=O)(=O)c1cccc(C(=O)N2CCCC2CN)c1. The summed E-state index contributed by atoms with van der Waals surface area (Å²) in [7, 11) is -3.64. The molecule has 0 aliphatic carbocycles. The molecule has 1 aliphatic heterocycles. The quantitative estimate of drug-likeness (QED) is 0.754. The number of carbonyl (C=O) groups is 1. The Morgan fingerprint density at radius 1 is 1.50 bits per heavy atom. The molecule has 1 atom stereocenters. The molecule has 0 aromatic heterocycles. The van der Waals surface area contributed by atoms with Gasteiger partial charge in [-0.05, 0) is 31.0 Å². The topological polar surface area (TPSA) is 92.5 Å². The number of sulfonamides is 1. The Kier molecular flexibility index (Phi) is 5.33. The minimum absolute atomic E-state index is 0.0339. The van der Waals surface area contributed by atoms with Crippen LogP contribution in [-0.4, -0.2) is 44.9 Å². The zero-order valence-electron chi connectivity index (χ0n) is 12.4. The van der Waals surface area contributed by atoms with Gasteiger partial charge in [0.05, 0.1) is 4.90 Å². The number of carbonyl (C=O) groups excluding carboxylic acids is 1. The van der Waals surface area contributed by atoms with Crippen LogP contribution in [0.2, 0.25) is 0 Å². The molecule has 0 bridgehead atoms. The summed E-state index contributed by atoms with van der Waals surface area (Å²) in [5, 5.41) is 0. The van der Waals surface area contributed by atoms with E-state index in [1.165, 1.54) is 18.2 Å². The van der Waals surface area contributed by atoms with Crippen LogP contribution in [0.5, 0.6) is 0 Å². The molecule has 120 valence electrons. The molecule has 1 heterocycles. The molecule has 2 rings (SSSR count). The van der Waals surface area contributed by atoms with Gasteiger partial charge in [0.1, 0.15) is 0 Å². The highest BCUT2D eigenvalue weighted by molar-refractivity contribution is 7.89. The molecule has 0 spiro atoms. The molecule has 3 N–H and O–H groups in total. The van der Waals surface area contributed by atoms with E-state index in [2.05, 4.69) is 11.3 Å². The van der Waals surface area contributed by atoms with Gasteiger partial charge in [0.2, 0.25) is 10.0 Å². The summed E-state index contributed by atoms with van der Waals surface area (Å²) >= 11 is 0. The van der Waals surface area contributed by atoms with Crippen molar-refractivity contribution in [1.29, 1.82) is 0 Å². The number of likely N-dealkylation sites (tertiary alicyclic amines) is 1. The third-order valence-corrected chi connectivity index (χ3v) is 5.14. The van der Waals surface area contributed by atoms with E-state index in [9.17, 15) is 13.2 Å². The minimum Gasteiger partial charge on any atom is -0.334 e. The Labute approximate surface area is 131 Å². The predicted octanol–water partition coefficient (Wildman–Crippen LogP) is 0.714. The molecule has 1 saturated heterocycles. The average Bonchev–Trinajstić information content (AvgIpc) is 3.01. The number of nitrogens with two attached hydrogens (primary N) is 1. The molecule has 0 radical (unpaired) electrons. The first kappa shape index (κ1) is 16.7. The monoisotopic (exact) mass is 323 g/mol. The third-order valence-electron chi connectivity index (χ3n) is 3.72. The van der Waals surface area contributed by atoms with Crippen LogP contribution < -0.4 is 10.5 Å². The summed E-state index contributed by atoms with van der Waals surface area (Å²) in [6.07, 6.45) is 3.27. The van der Waals surface area contributed by atoms with E-state index in [1.54, 1.807) is 17.0 Å². The van der Waals surface area contributed by atoms with Crippen molar-refractivity contribution in [3.05, 3.63) is 42.5 Å². The largest absolute Gasteiger partial charge is 0.334 e. The van der Waals surface area contributed by atoms with Gasteiger partial charge >= 0.3 is 0 Å². The first-order valence-corrected chi connectivity index (χ1v) is 8.69. The number of amides is 1. The van der Waals surface area contributed by atoms with Gasteiger partial charge in [-0.25, -0.2) is 13.1 Å². The second-order valence-electron chi connectivity index (χ2n) is 5.20. The van der Waals surface area contributed by atoms with Crippen LogP contribution >= 0.6 is 0 Å². The fourth-order valence-corrected chi connectivity index (χ4v) is 3.61. The Morgan fingerprint density at radius 3 is 2.95 bits per heavy atom. The van der Waals surface area contributed by atoms with E-state index in [0.717, 1.165) is 12.8 Å². The van der Waals surface area contributed by atoms with Gasteiger partial charge in [-0.15, -0.1) is 6.58 Å². The second-order valence-corrected chi connectivity index (χ2v) is 6.97. The zero-order chi connectivity index (χ0) is 16.2. The Hall–Kier alpha value is -1.70. The van der Waals surface area contributed by atoms with E-state index in [1.807, 2.05) is 0 Å². The summed E-state index contributed by atoms with van der Waals surface area (Å²) in [4.78, 5) is 14.3. The van der Waals surface area contributed by atoms with Crippen LogP contribution in [0.4, 0.5) is 0 Å². The number of hydrogen-bond donors (Lipinski definition) is 2. The van der Waals surface area contributed by atoms with E-state index >= 15 is 0 Å². The van der Waals surface area contributed by atoms with Crippen LogP contribution in [-0.2, 0) is 10.0 Å². The maximum absolute atomic E-state index is 12.5. The molecule has 22 heavy (non-hydrogen) atoms. The van der Waals surface area contributed by atoms with Crippen LogP contribution in [0.3, 0.4) is 0 Å². The first-order chi connectivity index (χ1) is 10.5. The van der Waals surface area contributed by atoms with Gasteiger partial charge in [0, 0.05) is 31.2 Å². The summed E-state index contributed by atoms with van der Waals surface area (Å²) in [5.74, 6) is -0.172. The van der Waals surface area contributed by atoms with Crippen molar-refractivity contribution >= 4 is 15.9 Å². The second kappa shape index (κ2) is 7.04. The molecule has 0 saturated carbocycles. The van der Waals surface area contributed by atoms with E-state index in [4.69, 9.17) is 5.73 Å². The lowest BCUT2D eigenvalue weighted by Crippen LogP contribution is -2.40. The summed E-state index contributed by atoms with van der Waals surface area (Å²) in [6, 6.07) is 6.10. The van der Waals surface area contributed by atoms with Gasteiger partial charge in [-0.2, -0.15) is 0 Å². The normalized spacial score (nSPS) is 18.4. The van der Waals surface area contributed by atoms with E-state index < -0.39 is 10.0 Å². The maximum atomic E-state index is 12.5. The highest BCUT2D eigenvalue weighted by atomic mass is 32.2. The van der Waals surface area contributed by atoms with Crippen molar-refractivity contribution < 1.29 is 13.2 Å². The molecule has 1 aliphatic rings. The van der Waals surface area contributed by atoms with Gasteiger partial charge in [-0.1, -0.05) is 12.1 Å². The minimum atomic E-state index is -3.64. The van der Waals surface area contributed by atoms with E-state index in [0.29, 0.717) is 18.7 Å². The summed E-state index contributed by atoms with van der Waals surface area (Å²) < 4.78 is 26.6. The fourth-order valence-electron chi connectivity index (χ4n) is 2.56. The van der Waals surface area contributed by atoms with Crippen molar-refractivity contribution in [2.45, 2.75) is 23.8 Å². The zero-order valence-corrected chi connectivity index (χ0v) is 13.2. The van der Waals surface area contributed by atoms with Gasteiger partial charge in [-0.3, -0.25) is 4.79 Å². The summed E-state index contributed by atoms with van der Waals surface area (Å²) in [5.41, 5.74) is 6.05. The third kappa shape index (κ3) is 3.55. The lowest BCUT2D eigenvalue weighted by Gasteiger charge is -2.23. The number of hydrogen-bond acceptors (Lipinski definition) is 4. The number of nitrogens with zero attached hydrogens (tertiary/aromatic N) is 1. The van der Waals surface area contributed by atoms with Gasteiger partial charge in [0.25, 0.3) is 5.91 Å². The molecular formula is C15H21N3O3S. The smallest absolute Gasteiger partial charge is 0.254 e. The molecule has 1 fully saturated rings. The summed E-state index contributed by atoms with van der Waals surface area (Å²) in [6.45, 7) is 4.69. The van der Waals surface area contributed by atoms with Crippen LogP contribution in [0, 0.1) is 0 Å². The maximum Gasteiger partial charge on any atom is 0.254 e. The molecule has 6 nitrogen and oxygen atoms in total. The van der Waals surface area contributed by atoms with Crippen LogP contribution in [0.25, 0.3) is 0 Å². The van der Waals surface area contributed by atoms with Crippen LogP contribution in [0.1, 0.15) is 23.2 Å². The lowest BCUT2D eigenvalue weighted by molar-refractivity contribution is 0.0741. The van der Waals surface area contributed by atoms with Gasteiger partial charge in [0.15, 0.2) is 0 Å². The number of nitrogens with one attached hydrogen (secondary N) is 1. The van der Waals surface area contributed by atoms with E-state index in [-0.39, 0.29) is 23.4 Å². The number of rotatable bonds is 6. The number of benzene rings is 1. The lowest BCUT2D eigenvalue weighted by atomic mass is 10.1. The molecule has 1 amide bonds. The Balaban J connectivity index is 2.24. The molecule has 7 heteroatoms. The Bertz CT molecular complexity index is 658. The average molecular weight is 323 g/mol. The first-order valence-electron chi connectivity index (χ1n) is 7.21.